The first kappa shape index (κ1) is 11.8. The quantitative estimate of drug-likeness (QED) is 0.770. The Bertz CT molecular complexity index is 503. The van der Waals surface area contributed by atoms with Crippen LogP contribution in [0.5, 0.6) is 0 Å². The van der Waals surface area contributed by atoms with Gasteiger partial charge < -0.3 is 0 Å². The van der Waals surface area contributed by atoms with Gasteiger partial charge in [0.25, 0.3) is 0 Å². The van der Waals surface area contributed by atoms with Gasteiger partial charge >= 0.3 is 0 Å². The highest BCUT2D eigenvalue weighted by Gasteiger charge is 2.52. The number of carbonyl (C=O) groups excluding carboxylic acids is 2. The molecule has 5 heteroatoms. The summed E-state index contributed by atoms with van der Waals surface area (Å²) in [6.07, 6.45) is 6.11. The summed E-state index contributed by atoms with van der Waals surface area (Å²) in [5, 5.41) is 0.972. The number of nitrogens with zero attached hydrogens (tertiary/aromatic N) is 2. The number of imide groups is 1. The molecule has 2 heterocycles. The third-order valence-electron chi connectivity index (χ3n) is 4.03. The van der Waals surface area contributed by atoms with Gasteiger partial charge in [0.05, 0.1) is 17.0 Å². The zero-order valence-corrected chi connectivity index (χ0v) is 11.3. The minimum atomic E-state index is -0.350. The smallest absolute Gasteiger partial charge is 0.236 e. The lowest BCUT2D eigenvalue weighted by Crippen LogP contribution is -2.33. The fraction of sp³-hybridized carbons (Fsp3) is 0.615. The molecular formula is C13H16N2O2S. The third kappa shape index (κ3) is 1.77. The van der Waals surface area contributed by atoms with Crippen LogP contribution in [-0.2, 0) is 16.1 Å². The Balaban J connectivity index is 1.80. The molecule has 1 aliphatic carbocycles. The van der Waals surface area contributed by atoms with Crippen molar-refractivity contribution in [3.63, 3.8) is 0 Å². The van der Waals surface area contributed by atoms with Gasteiger partial charge in [-0.15, -0.1) is 11.3 Å². The van der Waals surface area contributed by atoms with Gasteiger partial charge in [-0.05, 0) is 19.8 Å². The molecule has 0 aromatic carbocycles. The van der Waals surface area contributed by atoms with Gasteiger partial charge in [-0.3, -0.25) is 14.5 Å². The molecule has 0 atom stereocenters. The first-order valence-corrected chi connectivity index (χ1v) is 7.18. The Morgan fingerprint density at radius 2 is 2.11 bits per heavy atom. The minimum Gasteiger partial charge on any atom is -0.277 e. The Hall–Kier alpha value is -1.23. The molecule has 1 aliphatic heterocycles. The Labute approximate surface area is 110 Å². The predicted molar refractivity (Wildman–Crippen MR) is 67.9 cm³/mol. The van der Waals surface area contributed by atoms with Crippen molar-refractivity contribution >= 4 is 23.2 Å². The van der Waals surface area contributed by atoms with Crippen molar-refractivity contribution < 1.29 is 9.59 Å². The van der Waals surface area contributed by atoms with E-state index in [2.05, 4.69) is 4.98 Å². The van der Waals surface area contributed by atoms with E-state index < -0.39 is 0 Å². The number of amides is 2. The fourth-order valence-corrected chi connectivity index (χ4v) is 3.88. The molecule has 96 valence electrons. The second kappa shape index (κ2) is 4.16. The average molecular weight is 264 g/mol. The van der Waals surface area contributed by atoms with E-state index in [9.17, 15) is 9.59 Å². The van der Waals surface area contributed by atoms with Crippen LogP contribution in [0.25, 0.3) is 0 Å². The summed E-state index contributed by atoms with van der Waals surface area (Å²) in [5.41, 5.74) is -0.350. The zero-order chi connectivity index (χ0) is 12.8. The Morgan fingerprint density at radius 1 is 1.39 bits per heavy atom. The number of hydrogen-bond acceptors (Lipinski definition) is 4. The van der Waals surface area contributed by atoms with Crippen molar-refractivity contribution in [3.05, 3.63) is 16.1 Å². The van der Waals surface area contributed by atoms with Crippen molar-refractivity contribution in [3.8, 4) is 0 Å². The average Bonchev–Trinajstić information content (AvgIpc) is 2.99. The molecular weight excluding hydrogens is 248 g/mol. The van der Waals surface area contributed by atoms with Crippen molar-refractivity contribution in [2.45, 2.75) is 45.6 Å². The van der Waals surface area contributed by atoms with Gasteiger partial charge in [0, 0.05) is 17.5 Å². The van der Waals surface area contributed by atoms with Crippen LogP contribution in [-0.4, -0.2) is 21.7 Å². The van der Waals surface area contributed by atoms with Crippen LogP contribution in [0.3, 0.4) is 0 Å². The summed E-state index contributed by atoms with van der Waals surface area (Å²) in [4.78, 5) is 31.1. The van der Waals surface area contributed by atoms with Crippen LogP contribution in [0, 0.1) is 12.3 Å². The van der Waals surface area contributed by atoms with E-state index in [0.29, 0.717) is 13.0 Å². The SMILES string of the molecule is Cc1ncc(CN2C(=O)CC3(CCCC3)C2=O)s1. The maximum atomic E-state index is 12.4. The topological polar surface area (TPSA) is 50.3 Å². The van der Waals surface area contributed by atoms with Gasteiger partial charge in [0.15, 0.2) is 0 Å². The number of aryl methyl sites for hydroxylation is 1. The number of hydrogen-bond donors (Lipinski definition) is 0. The van der Waals surface area contributed by atoms with Crippen LogP contribution < -0.4 is 0 Å². The number of thiazole rings is 1. The molecule has 4 nitrogen and oxygen atoms in total. The van der Waals surface area contributed by atoms with E-state index in [0.717, 1.165) is 35.6 Å². The largest absolute Gasteiger partial charge is 0.277 e. The Morgan fingerprint density at radius 3 is 2.72 bits per heavy atom. The van der Waals surface area contributed by atoms with E-state index in [4.69, 9.17) is 0 Å². The van der Waals surface area contributed by atoms with Gasteiger partial charge in [-0.2, -0.15) is 0 Å². The monoisotopic (exact) mass is 264 g/mol. The molecule has 18 heavy (non-hydrogen) atoms. The van der Waals surface area contributed by atoms with Crippen LogP contribution in [0.1, 0.15) is 42.0 Å². The lowest BCUT2D eigenvalue weighted by atomic mass is 9.84. The first-order chi connectivity index (χ1) is 8.61. The van der Waals surface area contributed by atoms with Crippen molar-refractivity contribution in [1.29, 1.82) is 0 Å². The highest BCUT2D eigenvalue weighted by molar-refractivity contribution is 7.11. The van der Waals surface area contributed by atoms with E-state index in [1.165, 1.54) is 4.90 Å². The lowest BCUT2D eigenvalue weighted by Gasteiger charge is -2.20. The summed E-state index contributed by atoms with van der Waals surface area (Å²) in [6.45, 7) is 2.34. The van der Waals surface area contributed by atoms with E-state index in [-0.39, 0.29) is 17.2 Å². The normalized spacial score (nSPS) is 22.4. The molecule has 1 aromatic rings. The molecule has 0 radical (unpaired) electrons. The van der Waals surface area contributed by atoms with Crippen LogP contribution in [0.2, 0.25) is 0 Å². The molecule has 1 spiro atoms. The summed E-state index contributed by atoms with van der Waals surface area (Å²) < 4.78 is 0. The number of aromatic nitrogens is 1. The zero-order valence-electron chi connectivity index (χ0n) is 10.4. The molecule has 3 rings (SSSR count). The second-order valence-corrected chi connectivity index (χ2v) is 6.61. The van der Waals surface area contributed by atoms with E-state index in [1.807, 2.05) is 6.92 Å². The van der Waals surface area contributed by atoms with Gasteiger partial charge in [-0.25, -0.2) is 4.98 Å². The van der Waals surface area contributed by atoms with Crippen molar-refractivity contribution in [1.82, 2.24) is 9.88 Å². The van der Waals surface area contributed by atoms with Crippen molar-refractivity contribution in [2.24, 2.45) is 5.41 Å². The minimum absolute atomic E-state index is 0.00652. The molecule has 1 saturated carbocycles. The molecule has 1 saturated heterocycles. The van der Waals surface area contributed by atoms with Gasteiger partial charge in [0.1, 0.15) is 0 Å². The highest BCUT2D eigenvalue weighted by atomic mass is 32.1. The lowest BCUT2D eigenvalue weighted by molar-refractivity contribution is -0.142. The summed E-state index contributed by atoms with van der Waals surface area (Å²) in [7, 11) is 0. The Kier molecular flexibility index (Phi) is 2.73. The van der Waals surface area contributed by atoms with Crippen molar-refractivity contribution in [2.75, 3.05) is 0 Å². The molecule has 2 fully saturated rings. The third-order valence-corrected chi connectivity index (χ3v) is 4.93. The van der Waals surface area contributed by atoms with E-state index in [1.54, 1.807) is 17.5 Å². The number of likely N-dealkylation sites (tertiary alicyclic amines) is 1. The standard InChI is InChI=1S/C13H16N2O2S/c1-9-14-7-10(18-9)8-15-11(16)6-13(12(15)17)4-2-3-5-13/h7H,2-6,8H2,1H3. The van der Waals surface area contributed by atoms with Crippen LogP contribution in [0.15, 0.2) is 6.20 Å². The summed E-state index contributed by atoms with van der Waals surface area (Å²) in [5.74, 6) is 0.0454. The fourth-order valence-electron chi connectivity index (χ4n) is 3.10. The summed E-state index contributed by atoms with van der Waals surface area (Å²) >= 11 is 1.55. The maximum absolute atomic E-state index is 12.4. The summed E-state index contributed by atoms with van der Waals surface area (Å²) in [6, 6.07) is 0. The molecule has 0 bridgehead atoms. The van der Waals surface area contributed by atoms with Crippen LogP contribution >= 0.6 is 11.3 Å². The number of carbonyl (C=O) groups is 2. The van der Waals surface area contributed by atoms with E-state index >= 15 is 0 Å². The highest BCUT2D eigenvalue weighted by Crippen LogP contribution is 2.47. The molecule has 1 aromatic heterocycles. The van der Waals surface area contributed by atoms with Gasteiger partial charge in [0.2, 0.25) is 11.8 Å². The van der Waals surface area contributed by atoms with Gasteiger partial charge in [-0.1, -0.05) is 12.8 Å². The van der Waals surface area contributed by atoms with Crippen LogP contribution in [0.4, 0.5) is 0 Å². The number of rotatable bonds is 2. The maximum Gasteiger partial charge on any atom is 0.236 e. The molecule has 0 N–H and O–H groups in total. The first-order valence-electron chi connectivity index (χ1n) is 6.37. The second-order valence-electron chi connectivity index (χ2n) is 5.29. The molecule has 0 unspecified atom stereocenters. The molecule has 2 aliphatic rings. The predicted octanol–water partition coefficient (Wildman–Crippen LogP) is 2.27. The molecule has 2 amide bonds.